The van der Waals surface area contributed by atoms with Crippen molar-refractivity contribution in [2.45, 2.75) is 19.3 Å². The van der Waals surface area contributed by atoms with E-state index in [0.29, 0.717) is 44.7 Å². The Hall–Kier alpha value is -2.11. The number of rotatable bonds is 6. The van der Waals surface area contributed by atoms with Crippen LogP contribution in [-0.2, 0) is 9.59 Å². The van der Waals surface area contributed by atoms with Gasteiger partial charge in [0.15, 0.2) is 0 Å². The van der Waals surface area contributed by atoms with Crippen molar-refractivity contribution in [2.75, 3.05) is 19.7 Å². The standard InChI is InChI=1S/C15H18FNO4/c16-12-3-5-13(6-4-12)21-9-1-2-14(18)17-8-7-11(10-17)15(19)20/h3-6,11H,1-2,7-10H2,(H,19,20). The first-order valence-corrected chi connectivity index (χ1v) is 6.95. The number of benzene rings is 1. The lowest BCUT2D eigenvalue weighted by Gasteiger charge is -2.15. The third-order valence-corrected chi connectivity index (χ3v) is 3.51. The minimum atomic E-state index is -0.843. The van der Waals surface area contributed by atoms with Crippen LogP contribution in [0.2, 0.25) is 0 Å². The van der Waals surface area contributed by atoms with Crippen molar-refractivity contribution in [2.24, 2.45) is 5.92 Å². The molecule has 1 fully saturated rings. The number of carbonyl (C=O) groups excluding carboxylic acids is 1. The van der Waals surface area contributed by atoms with Crippen molar-refractivity contribution >= 4 is 11.9 Å². The third-order valence-electron chi connectivity index (χ3n) is 3.51. The number of ether oxygens (including phenoxy) is 1. The number of hydrogen-bond donors (Lipinski definition) is 1. The maximum absolute atomic E-state index is 12.7. The zero-order valence-electron chi connectivity index (χ0n) is 11.6. The molecule has 0 bridgehead atoms. The number of carboxylic acids is 1. The molecule has 6 heteroatoms. The molecule has 0 aliphatic carbocycles. The summed E-state index contributed by atoms with van der Waals surface area (Å²) in [6, 6.07) is 5.71. The maximum Gasteiger partial charge on any atom is 0.308 e. The van der Waals surface area contributed by atoms with Gasteiger partial charge in [-0.2, -0.15) is 0 Å². The van der Waals surface area contributed by atoms with Crippen molar-refractivity contribution in [3.63, 3.8) is 0 Å². The Morgan fingerprint density at radius 2 is 2.05 bits per heavy atom. The summed E-state index contributed by atoms with van der Waals surface area (Å²) in [6.07, 6.45) is 1.39. The molecule has 1 atom stereocenters. The molecule has 1 aromatic rings. The molecule has 0 saturated carbocycles. The van der Waals surface area contributed by atoms with Crippen molar-refractivity contribution < 1.29 is 23.8 Å². The van der Waals surface area contributed by atoms with Gasteiger partial charge in [-0.15, -0.1) is 0 Å². The molecule has 1 heterocycles. The number of hydrogen-bond acceptors (Lipinski definition) is 3. The van der Waals surface area contributed by atoms with E-state index in [1.165, 1.54) is 24.3 Å². The number of aliphatic carboxylic acids is 1. The lowest BCUT2D eigenvalue weighted by atomic mass is 10.1. The van der Waals surface area contributed by atoms with Crippen molar-refractivity contribution in [3.05, 3.63) is 30.1 Å². The van der Waals surface area contributed by atoms with Gasteiger partial charge in [0.05, 0.1) is 12.5 Å². The predicted octanol–water partition coefficient (Wildman–Crippen LogP) is 1.92. The Bertz CT molecular complexity index is 503. The molecule has 21 heavy (non-hydrogen) atoms. The zero-order chi connectivity index (χ0) is 15.2. The molecular weight excluding hydrogens is 277 g/mol. The number of halogens is 1. The van der Waals surface area contributed by atoms with E-state index in [0.717, 1.165) is 0 Å². The van der Waals surface area contributed by atoms with Crippen molar-refractivity contribution in [1.29, 1.82) is 0 Å². The summed E-state index contributed by atoms with van der Waals surface area (Å²) in [7, 11) is 0. The lowest BCUT2D eigenvalue weighted by molar-refractivity contribution is -0.141. The average molecular weight is 295 g/mol. The molecule has 1 aromatic carbocycles. The molecule has 5 nitrogen and oxygen atoms in total. The van der Waals surface area contributed by atoms with Crippen LogP contribution in [0, 0.1) is 11.7 Å². The summed E-state index contributed by atoms with van der Waals surface area (Å²) in [5.74, 6) is -1.08. The Morgan fingerprint density at radius 3 is 2.67 bits per heavy atom. The molecule has 0 spiro atoms. The van der Waals surface area contributed by atoms with Crippen LogP contribution in [0.1, 0.15) is 19.3 Å². The normalized spacial score (nSPS) is 17.8. The number of nitrogens with zero attached hydrogens (tertiary/aromatic N) is 1. The Kier molecular flexibility index (Phi) is 5.14. The number of likely N-dealkylation sites (tertiary alicyclic amines) is 1. The molecule has 1 N–H and O–H groups in total. The average Bonchev–Trinajstić information content (AvgIpc) is 2.95. The van der Waals surface area contributed by atoms with E-state index in [-0.39, 0.29) is 11.7 Å². The summed E-state index contributed by atoms with van der Waals surface area (Å²) in [5, 5.41) is 8.89. The summed E-state index contributed by atoms with van der Waals surface area (Å²) in [6.45, 7) is 1.18. The number of amides is 1. The highest BCUT2D eigenvalue weighted by atomic mass is 19.1. The van der Waals surface area contributed by atoms with Gasteiger partial charge in [0.25, 0.3) is 0 Å². The number of carbonyl (C=O) groups is 2. The molecular formula is C15H18FNO4. The maximum atomic E-state index is 12.7. The van der Waals surface area contributed by atoms with E-state index in [1.807, 2.05) is 0 Å². The monoisotopic (exact) mass is 295 g/mol. The van der Waals surface area contributed by atoms with Crippen LogP contribution < -0.4 is 4.74 Å². The fourth-order valence-electron chi connectivity index (χ4n) is 2.29. The molecule has 1 aliphatic heterocycles. The second-order valence-corrected chi connectivity index (χ2v) is 5.07. The van der Waals surface area contributed by atoms with Gasteiger partial charge in [0, 0.05) is 19.5 Å². The van der Waals surface area contributed by atoms with Crippen molar-refractivity contribution in [3.8, 4) is 5.75 Å². The summed E-state index contributed by atoms with van der Waals surface area (Å²) in [4.78, 5) is 24.3. The third kappa shape index (κ3) is 4.44. The van der Waals surface area contributed by atoms with Crippen LogP contribution in [0.25, 0.3) is 0 Å². The highest BCUT2D eigenvalue weighted by Gasteiger charge is 2.30. The van der Waals surface area contributed by atoms with Gasteiger partial charge in [-0.1, -0.05) is 0 Å². The highest BCUT2D eigenvalue weighted by Crippen LogP contribution is 2.18. The Labute approximate surface area is 122 Å². The molecule has 2 rings (SSSR count). The largest absolute Gasteiger partial charge is 0.494 e. The minimum absolute atomic E-state index is 0.0403. The van der Waals surface area contributed by atoms with Gasteiger partial charge in [0.1, 0.15) is 11.6 Å². The smallest absolute Gasteiger partial charge is 0.308 e. The molecule has 114 valence electrons. The molecule has 1 saturated heterocycles. The molecule has 1 amide bonds. The van der Waals surface area contributed by atoms with E-state index < -0.39 is 11.9 Å². The predicted molar refractivity (Wildman–Crippen MR) is 73.5 cm³/mol. The Balaban J connectivity index is 1.66. The second-order valence-electron chi connectivity index (χ2n) is 5.07. The van der Waals surface area contributed by atoms with Crippen LogP contribution in [0.4, 0.5) is 4.39 Å². The van der Waals surface area contributed by atoms with E-state index in [9.17, 15) is 14.0 Å². The topological polar surface area (TPSA) is 66.8 Å². The van der Waals surface area contributed by atoms with Gasteiger partial charge in [0.2, 0.25) is 5.91 Å². The van der Waals surface area contributed by atoms with Crippen LogP contribution in [0.5, 0.6) is 5.75 Å². The first kappa shape index (κ1) is 15.3. The molecule has 0 radical (unpaired) electrons. The zero-order valence-corrected chi connectivity index (χ0v) is 11.6. The summed E-state index contributed by atoms with van der Waals surface area (Å²) in [5.41, 5.74) is 0. The van der Waals surface area contributed by atoms with Crippen molar-refractivity contribution in [1.82, 2.24) is 4.90 Å². The fraction of sp³-hybridized carbons (Fsp3) is 0.467. The van der Waals surface area contributed by atoms with Crippen LogP contribution in [-0.4, -0.2) is 41.6 Å². The van der Waals surface area contributed by atoms with E-state index in [4.69, 9.17) is 9.84 Å². The first-order valence-electron chi connectivity index (χ1n) is 6.95. The molecule has 1 aliphatic rings. The van der Waals surface area contributed by atoms with Gasteiger partial charge in [-0.05, 0) is 37.1 Å². The summed E-state index contributed by atoms with van der Waals surface area (Å²) < 4.78 is 18.1. The quantitative estimate of drug-likeness (QED) is 0.814. The lowest BCUT2D eigenvalue weighted by Crippen LogP contribution is -2.30. The highest BCUT2D eigenvalue weighted by molar-refractivity contribution is 5.78. The minimum Gasteiger partial charge on any atom is -0.494 e. The second kappa shape index (κ2) is 7.06. The van der Waals surface area contributed by atoms with Crippen LogP contribution in [0.15, 0.2) is 24.3 Å². The first-order chi connectivity index (χ1) is 10.1. The van der Waals surface area contributed by atoms with E-state index in [1.54, 1.807) is 4.90 Å². The Morgan fingerprint density at radius 1 is 1.33 bits per heavy atom. The van der Waals surface area contributed by atoms with Gasteiger partial charge in [-0.3, -0.25) is 9.59 Å². The van der Waals surface area contributed by atoms with Crippen LogP contribution >= 0.6 is 0 Å². The van der Waals surface area contributed by atoms with E-state index in [2.05, 4.69) is 0 Å². The van der Waals surface area contributed by atoms with E-state index >= 15 is 0 Å². The molecule has 0 aromatic heterocycles. The van der Waals surface area contributed by atoms with Gasteiger partial charge < -0.3 is 14.7 Å². The van der Waals surface area contributed by atoms with Crippen LogP contribution in [0.3, 0.4) is 0 Å². The van der Waals surface area contributed by atoms with Gasteiger partial charge >= 0.3 is 5.97 Å². The SMILES string of the molecule is O=C(O)C1CCN(C(=O)CCCOc2ccc(F)cc2)C1. The fourth-order valence-corrected chi connectivity index (χ4v) is 2.29. The number of carboxylic acid groups (broad SMARTS) is 1. The summed E-state index contributed by atoms with van der Waals surface area (Å²) >= 11 is 0. The van der Waals surface area contributed by atoms with Gasteiger partial charge in [-0.25, -0.2) is 4.39 Å². The molecule has 1 unspecified atom stereocenters.